The second-order valence-corrected chi connectivity index (χ2v) is 5.63. The summed E-state index contributed by atoms with van der Waals surface area (Å²) < 4.78 is 0. The Labute approximate surface area is 127 Å². The quantitative estimate of drug-likeness (QED) is 0.861. The first-order chi connectivity index (χ1) is 10.1. The predicted molar refractivity (Wildman–Crippen MR) is 82.3 cm³/mol. The third-order valence-corrected chi connectivity index (χ3v) is 4.04. The maximum absolute atomic E-state index is 12.3. The van der Waals surface area contributed by atoms with Crippen molar-refractivity contribution in [1.82, 2.24) is 5.32 Å². The van der Waals surface area contributed by atoms with Crippen molar-refractivity contribution in [2.75, 3.05) is 0 Å². The molecule has 0 saturated carbocycles. The summed E-state index contributed by atoms with van der Waals surface area (Å²) in [7, 11) is 0. The molecule has 1 aromatic heterocycles. The van der Waals surface area contributed by atoms with Gasteiger partial charge in [0.15, 0.2) is 0 Å². The lowest BCUT2D eigenvalue weighted by Crippen LogP contribution is -2.33. The highest BCUT2D eigenvalue weighted by Gasteiger charge is 2.22. The molecule has 0 unspecified atom stereocenters. The fourth-order valence-corrected chi connectivity index (χ4v) is 2.84. The molecule has 0 aliphatic heterocycles. The van der Waals surface area contributed by atoms with E-state index < -0.39 is 12.0 Å². The molecule has 1 aromatic carbocycles. The van der Waals surface area contributed by atoms with Crippen molar-refractivity contribution in [3.8, 4) is 0 Å². The van der Waals surface area contributed by atoms with Crippen molar-refractivity contribution in [3.05, 3.63) is 58.3 Å². The number of hydrogen-bond donors (Lipinski definition) is 2. The maximum Gasteiger partial charge on any atom is 0.305 e. The number of aliphatic carboxylic acids is 1. The highest BCUT2D eigenvalue weighted by atomic mass is 32.1. The van der Waals surface area contributed by atoms with Crippen LogP contribution in [-0.2, 0) is 9.59 Å². The fourth-order valence-electron chi connectivity index (χ4n) is 2.08. The van der Waals surface area contributed by atoms with Gasteiger partial charge in [-0.25, -0.2) is 0 Å². The molecule has 0 aliphatic rings. The fraction of sp³-hybridized carbons (Fsp3) is 0.250. The van der Waals surface area contributed by atoms with E-state index in [1.807, 2.05) is 54.1 Å². The van der Waals surface area contributed by atoms with Crippen LogP contribution in [-0.4, -0.2) is 17.0 Å². The van der Waals surface area contributed by atoms with E-state index in [1.54, 1.807) is 0 Å². The molecule has 0 aliphatic carbocycles. The standard InChI is InChI=1S/C16H17NO3S/c1-11(13-7-8-21-10-13)16(20)17-14(9-15(18)19)12-5-3-2-4-6-12/h2-8,10-11,14H,9H2,1H3,(H,17,20)(H,18,19)/t11-,14-/m0/s1. The lowest BCUT2D eigenvalue weighted by Gasteiger charge is -2.20. The topological polar surface area (TPSA) is 66.4 Å². The zero-order valence-electron chi connectivity index (χ0n) is 11.7. The van der Waals surface area contributed by atoms with Crippen LogP contribution in [0.25, 0.3) is 0 Å². The Morgan fingerprint density at radius 1 is 1.19 bits per heavy atom. The first-order valence-corrected chi connectivity index (χ1v) is 7.61. The Bertz CT molecular complexity index is 595. The molecule has 1 heterocycles. The normalized spacial score (nSPS) is 13.4. The van der Waals surface area contributed by atoms with Crippen LogP contribution in [0.4, 0.5) is 0 Å². The van der Waals surface area contributed by atoms with Crippen molar-refractivity contribution in [2.24, 2.45) is 0 Å². The number of thiophene rings is 1. The molecule has 2 rings (SSSR count). The van der Waals surface area contributed by atoms with Crippen LogP contribution in [0.2, 0.25) is 0 Å². The summed E-state index contributed by atoms with van der Waals surface area (Å²) in [6.45, 7) is 1.82. The van der Waals surface area contributed by atoms with E-state index in [0.29, 0.717) is 0 Å². The minimum atomic E-state index is -0.938. The Hall–Kier alpha value is -2.14. The number of nitrogens with one attached hydrogen (secondary N) is 1. The third kappa shape index (κ3) is 4.16. The molecule has 0 saturated heterocycles. The maximum atomic E-state index is 12.3. The lowest BCUT2D eigenvalue weighted by molar-refractivity contribution is -0.137. The summed E-state index contributed by atoms with van der Waals surface area (Å²) >= 11 is 1.54. The van der Waals surface area contributed by atoms with E-state index in [0.717, 1.165) is 11.1 Å². The number of amides is 1. The van der Waals surface area contributed by atoms with Gasteiger partial charge in [-0.05, 0) is 34.9 Å². The Balaban J connectivity index is 2.11. The smallest absolute Gasteiger partial charge is 0.305 e. The molecule has 0 fully saturated rings. The molecule has 110 valence electrons. The van der Waals surface area contributed by atoms with Crippen molar-refractivity contribution >= 4 is 23.2 Å². The summed E-state index contributed by atoms with van der Waals surface area (Å²) in [5.74, 6) is -1.40. The molecule has 21 heavy (non-hydrogen) atoms. The molecule has 5 heteroatoms. The average Bonchev–Trinajstić information content (AvgIpc) is 3.00. The van der Waals surface area contributed by atoms with Crippen LogP contribution >= 0.6 is 11.3 Å². The van der Waals surface area contributed by atoms with E-state index in [4.69, 9.17) is 5.11 Å². The first kappa shape index (κ1) is 15.3. The van der Waals surface area contributed by atoms with Crippen LogP contribution in [0, 0.1) is 0 Å². The number of hydrogen-bond acceptors (Lipinski definition) is 3. The van der Waals surface area contributed by atoms with Gasteiger partial charge in [0.05, 0.1) is 18.4 Å². The zero-order valence-corrected chi connectivity index (χ0v) is 12.5. The minimum absolute atomic E-state index is 0.133. The van der Waals surface area contributed by atoms with Crippen LogP contribution in [0.3, 0.4) is 0 Å². The predicted octanol–water partition coefficient (Wildman–Crippen LogP) is 3.18. The molecular formula is C16H17NO3S. The Morgan fingerprint density at radius 2 is 1.90 bits per heavy atom. The van der Waals surface area contributed by atoms with Gasteiger partial charge in [-0.3, -0.25) is 9.59 Å². The molecule has 0 bridgehead atoms. The van der Waals surface area contributed by atoms with E-state index in [1.165, 1.54) is 11.3 Å². The molecular weight excluding hydrogens is 286 g/mol. The van der Waals surface area contributed by atoms with Crippen LogP contribution < -0.4 is 5.32 Å². The summed E-state index contributed by atoms with van der Waals surface area (Å²) in [6, 6.07) is 10.6. The van der Waals surface area contributed by atoms with E-state index in [-0.39, 0.29) is 18.2 Å². The van der Waals surface area contributed by atoms with E-state index >= 15 is 0 Å². The number of carboxylic acid groups (broad SMARTS) is 1. The van der Waals surface area contributed by atoms with Crippen LogP contribution in [0.5, 0.6) is 0 Å². The molecule has 0 radical (unpaired) electrons. The van der Waals surface area contributed by atoms with Crippen molar-refractivity contribution in [3.63, 3.8) is 0 Å². The number of carbonyl (C=O) groups excluding carboxylic acids is 1. The number of carbonyl (C=O) groups is 2. The average molecular weight is 303 g/mol. The van der Waals surface area contributed by atoms with Crippen LogP contribution in [0.1, 0.15) is 36.4 Å². The molecule has 4 nitrogen and oxygen atoms in total. The Morgan fingerprint density at radius 3 is 2.48 bits per heavy atom. The van der Waals surface area contributed by atoms with Gasteiger partial charge < -0.3 is 10.4 Å². The van der Waals surface area contributed by atoms with Crippen molar-refractivity contribution < 1.29 is 14.7 Å². The van der Waals surface area contributed by atoms with Crippen molar-refractivity contribution in [1.29, 1.82) is 0 Å². The highest BCUT2D eigenvalue weighted by Crippen LogP contribution is 2.22. The van der Waals surface area contributed by atoms with Crippen molar-refractivity contribution in [2.45, 2.75) is 25.3 Å². The van der Waals surface area contributed by atoms with Gasteiger partial charge in [0.2, 0.25) is 5.91 Å². The molecule has 0 spiro atoms. The van der Waals surface area contributed by atoms with Gasteiger partial charge in [0.25, 0.3) is 0 Å². The molecule has 2 atom stereocenters. The minimum Gasteiger partial charge on any atom is -0.481 e. The van der Waals surface area contributed by atoms with Gasteiger partial charge in [-0.1, -0.05) is 30.3 Å². The van der Waals surface area contributed by atoms with E-state index in [2.05, 4.69) is 5.32 Å². The third-order valence-electron chi connectivity index (χ3n) is 3.33. The summed E-state index contributed by atoms with van der Waals surface area (Å²) in [6.07, 6.45) is -0.133. The van der Waals surface area contributed by atoms with Gasteiger partial charge in [0.1, 0.15) is 0 Å². The second-order valence-electron chi connectivity index (χ2n) is 4.85. The summed E-state index contributed by atoms with van der Waals surface area (Å²) in [5.41, 5.74) is 1.74. The van der Waals surface area contributed by atoms with Gasteiger partial charge in [-0.15, -0.1) is 0 Å². The van der Waals surface area contributed by atoms with Gasteiger partial charge in [-0.2, -0.15) is 11.3 Å². The Kier molecular flexibility index (Phi) is 5.11. The van der Waals surface area contributed by atoms with Gasteiger partial charge in [0, 0.05) is 0 Å². The monoisotopic (exact) mass is 303 g/mol. The number of benzene rings is 1. The number of carboxylic acids is 1. The summed E-state index contributed by atoms with van der Waals surface area (Å²) in [4.78, 5) is 23.3. The summed E-state index contributed by atoms with van der Waals surface area (Å²) in [5, 5.41) is 15.7. The molecule has 2 N–H and O–H groups in total. The SMILES string of the molecule is C[C@H](C(=O)N[C@@H](CC(=O)O)c1ccccc1)c1ccsc1. The van der Waals surface area contributed by atoms with E-state index in [9.17, 15) is 9.59 Å². The largest absolute Gasteiger partial charge is 0.481 e. The zero-order chi connectivity index (χ0) is 15.2. The lowest BCUT2D eigenvalue weighted by atomic mass is 10.00. The molecule has 1 amide bonds. The number of rotatable bonds is 6. The second kappa shape index (κ2) is 7.04. The molecule has 2 aromatic rings. The highest BCUT2D eigenvalue weighted by molar-refractivity contribution is 7.08. The van der Waals surface area contributed by atoms with Gasteiger partial charge >= 0.3 is 5.97 Å². The first-order valence-electron chi connectivity index (χ1n) is 6.67. The van der Waals surface area contributed by atoms with Crippen LogP contribution in [0.15, 0.2) is 47.2 Å².